The summed E-state index contributed by atoms with van der Waals surface area (Å²) >= 11 is 0. The third-order valence-corrected chi connectivity index (χ3v) is 3.26. The fourth-order valence-electron chi connectivity index (χ4n) is 1.55. The van der Waals surface area contributed by atoms with Gasteiger partial charge in [0.1, 0.15) is 0 Å². The first kappa shape index (κ1) is 17.8. The standard InChI is InChI=1S/C17H24N2O3/c1-5-22-16(20)15-8-6-14(7-9-15)11-19-17(21)18-10-13(4)12(2)3/h6-10,12H,5,11H2,1-4H3,(H2,18,19,21)/b13-10+. The van der Waals surface area contributed by atoms with Gasteiger partial charge in [-0.05, 0) is 37.5 Å². The van der Waals surface area contributed by atoms with Crippen LogP contribution in [0.15, 0.2) is 36.0 Å². The minimum absolute atomic E-state index is 0.255. The van der Waals surface area contributed by atoms with Crippen molar-refractivity contribution in [3.8, 4) is 0 Å². The molecule has 0 fully saturated rings. The summed E-state index contributed by atoms with van der Waals surface area (Å²) in [6, 6.07) is 6.71. The molecule has 0 bridgehead atoms. The molecule has 0 saturated carbocycles. The molecule has 22 heavy (non-hydrogen) atoms. The molecule has 1 aromatic carbocycles. The van der Waals surface area contributed by atoms with Gasteiger partial charge in [0.15, 0.2) is 0 Å². The molecule has 0 aliphatic heterocycles. The number of hydrogen-bond acceptors (Lipinski definition) is 3. The van der Waals surface area contributed by atoms with Crippen molar-refractivity contribution in [1.82, 2.24) is 10.6 Å². The van der Waals surface area contributed by atoms with Gasteiger partial charge in [-0.1, -0.05) is 31.6 Å². The lowest BCUT2D eigenvalue weighted by Crippen LogP contribution is -2.32. The zero-order valence-corrected chi connectivity index (χ0v) is 13.6. The van der Waals surface area contributed by atoms with Gasteiger partial charge >= 0.3 is 12.0 Å². The Hall–Kier alpha value is -2.30. The predicted molar refractivity (Wildman–Crippen MR) is 86.4 cm³/mol. The molecular formula is C17H24N2O3. The summed E-state index contributed by atoms with van der Waals surface area (Å²) in [5, 5.41) is 5.45. The topological polar surface area (TPSA) is 67.4 Å². The quantitative estimate of drug-likeness (QED) is 0.793. The van der Waals surface area contributed by atoms with Gasteiger partial charge in [0.05, 0.1) is 12.2 Å². The Kier molecular flexibility index (Phi) is 7.16. The summed E-state index contributed by atoms with van der Waals surface area (Å²) in [6.45, 7) is 8.62. The van der Waals surface area contributed by atoms with E-state index in [9.17, 15) is 9.59 Å². The lowest BCUT2D eigenvalue weighted by molar-refractivity contribution is 0.0526. The van der Waals surface area contributed by atoms with Gasteiger partial charge in [0.2, 0.25) is 0 Å². The van der Waals surface area contributed by atoms with Crippen molar-refractivity contribution in [3.05, 3.63) is 47.2 Å². The number of esters is 1. The van der Waals surface area contributed by atoms with Crippen molar-refractivity contribution in [3.63, 3.8) is 0 Å². The first-order valence-electron chi connectivity index (χ1n) is 7.41. The van der Waals surface area contributed by atoms with Crippen LogP contribution >= 0.6 is 0 Å². The molecule has 0 unspecified atom stereocenters. The second-order valence-electron chi connectivity index (χ2n) is 5.29. The van der Waals surface area contributed by atoms with Crippen LogP contribution in [0.4, 0.5) is 4.79 Å². The fourth-order valence-corrected chi connectivity index (χ4v) is 1.55. The maximum Gasteiger partial charge on any atom is 0.338 e. The van der Waals surface area contributed by atoms with Gasteiger partial charge in [0, 0.05) is 12.7 Å². The van der Waals surface area contributed by atoms with Gasteiger partial charge in [-0.2, -0.15) is 0 Å². The number of urea groups is 1. The van der Waals surface area contributed by atoms with E-state index in [0.29, 0.717) is 24.6 Å². The van der Waals surface area contributed by atoms with Crippen LogP contribution in [0.3, 0.4) is 0 Å². The second kappa shape index (κ2) is 8.87. The molecule has 0 spiro atoms. The van der Waals surface area contributed by atoms with E-state index in [1.165, 1.54) is 0 Å². The molecule has 5 nitrogen and oxygen atoms in total. The maximum atomic E-state index is 11.7. The number of nitrogens with one attached hydrogen (secondary N) is 2. The summed E-state index contributed by atoms with van der Waals surface area (Å²) in [4.78, 5) is 23.2. The molecule has 1 aromatic rings. The van der Waals surface area contributed by atoms with E-state index in [4.69, 9.17) is 4.74 Å². The third kappa shape index (κ3) is 5.99. The van der Waals surface area contributed by atoms with Crippen LogP contribution < -0.4 is 10.6 Å². The first-order chi connectivity index (χ1) is 10.4. The largest absolute Gasteiger partial charge is 0.462 e. The Bertz CT molecular complexity index is 533. The van der Waals surface area contributed by atoms with Crippen LogP contribution in [-0.4, -0.2) is 18.6 Å². The highest BCUT2D eigenvalue weighted by molar-refractivity contribution is 5.89. The van der Waals surface area contributed by atoms with Crippen LogP contribution in [0.5, 0.6) is 0 Å². The van der Waals surface area contributed by atoms with E-state index in [-0.39, 0.29) is 12.0 Å². The monoisotopic (exact) mass is 304 g/mol. The molecule has 2 N–H and O–H groups in total. The van der Waals surface area contributed by atoms with Crippen molar-refractivity contribution in [2.24, 2.45) is 5.92 Å². The molecule has 1 rings (SSSR count). The molecule has 0 aliphatic rings. The number of allylic oxidation sites excluding steroid dienone is 1. The average molecular weight is 304 g/mol. The number of rotatable bonds is 6. The predicted octanol–water partition coefficient (Wildman–Crippen LogP) is 3.22. The summed E-state index contributed by atoms with van der Waals surface area (Å²) in [7, 11) is 0. The van der Waals surface area contributed by atoms with Crippen molar-refractivity contribution in [1.29, 1.82) is 0 Å². The number of hydrogen-bond donors (Lipinski definition) is 2. The average Bonchev–Trinajstić information content (AvgIpc) is 2.51. The van der Waals surface area contributed by atoms with Crippen molar-refractivity contribution < 1.29 is 14.3 Å². The lowest BCUT2D eigenvalue weighted by Gasteiger charge is -2.08. The van der Waals surface area contributed by atoms with E-state index in [1.807, 2.05) is 6.92 Å². The number of benzene rings is 1. The number of ether oxygens (including phenoxy) is 1. The molecule has 0 atom stereocenters. The van der Waals surface area contributed by atoms with Gasteiger partial charge in [-0.25, -0.2) is 9.59 Å². The maximum absolute atomic E-state index is 11.7. The van der Waals surface area contributed by atoms with Crippen LogP contribution in [0.2, 0.25) is 0 Å². The molecule has 0 saturated heterocycles. The smallest absolute Gasteiger partial charge is 0.338 e. The zero-order chi connectivity index (χ0) is 16.5. The first-order valence-corrected chi connectivity index (χ1v) is 7.41. The van der Waals surface area contributed by atoms with Gasteiger partial charge in [0.25, 0.3) is 0 Å². The Morgan fingerprint density at radius 3 is 2.41 bits per heavy atom. The molecule has 2 amide bonds. The Labute approximate surface area is 131 Å². The van der Waals surface area contributed by atoms with E-state index < -0.39 is 0 Å². The van der Waals surface area contributed by atoms with E-state index >= 15 is 0 Å². The van der Waals surface area contributed by atoms with Crippen molar-refractivity contribution in [2.45, 2.75) is 34.2 Å². The normalized spacial score (nSPS) is 11.2. The molecule has 0 heterocycles. The molecule has 5 heteroatoms. The molecule has 120 valence electrons. The fraction of sp³-hybridized carbons (Fsp3) is 0.412. The zero-order valence-electron chi connectivity index (χ0n) is 13.6. The van der Waals surface area contributed by atoms with Crippen LogP contribution in [0, 0.1) is 5.92 Å². The number of carbonyl (C=O) groups excluding carboxylic acids is 2. The van der Waals surface area contributed by atoms with Gasteiger partial charge in [-0.3, -0.25) is 0 Å². The van der Waals surface area contributed by atoms with Crippen molar-refractivity contribution in [2.75, 3.05) is 6.61 Å². The third-order valence-electron chi connectivity index (χ3n) is 3.26. The van der Waals surface area contributed by atoms with E-state index in [2.05, 4.69) is 24.5 Å². The Balaban J connectivity index is 2.46. The SMILES string of the molecule is CCOC(=O)c1ccc(CNC(=O)N/C=C(\C)C(C)C)cc1. The molecule has 0 radical (unpaired) electrons. The molecular weight excluding hydrogens is 280 g/mol. The highest BCUT2D eigenvalue weighted by atomic mass is 16.5. The summed E-state index contributed by atoms with van der Waals surface area (Å²) in [5.74, 6) is 0.0600. The van der Waals surface area contributed by atoms with Crippen molar-refractivity contribution >= 4 is 12.0 Å². The van der Waals surface area contributed by atoms with Crippen LogP contribution in [-0.2, 0) is 11.3 Å². The minimum Gasteiger partial charge on any atom is -0.462 e. The number of carbonyl (C=O) groups is 2. The molecule has 0 aromatic heterocycles. The van der Waals surface area contributed by atoms with E-state index in [0.717, 1.165) is 11.1 Å². The van der Waals surface area contributed by atoms with Crippen LogP contribution in [0.1, 0.15) is 43.6 Å². The summed E-state index contributed by atoms with van der Waals surface area (Å²) in [6.07, 6.45) is 1.71. The summed E-state index contributed by atoms with van der Waals surface area (Å²) in [5.41, 5.74) is 2.52. The second-order valence-corrected chi connectivity index (χ2v) is 5.29. The van der Waals surface area contributed by atoms with Crippen LogP contribution in [0.25, 0.3) is 0 Å². The molecule has 0 aliphatic carbocycles. The Morgan fingerprint density at radius 1 is 1.23 bits per heavy atom. The van der Waals surface area contributed by atoms with E-state index in [1.54, 1.807) is 37.4 Å². The minimum atomic E-state index is -0.339. The van der Waals surface area contributed by atoms with Gasteiger partial charge in [-0.15, -0.1) is 0 Å². The van der Waals surface area contributed by atoms with Gasteiger partial charge < -0.3 is 15.4 Å². The highest BCUT2D eigenvalue weighted by Gasteiger charge is 2.06. The Morgan fingerprint density at radius 2 is 1.86 bits per heavy atom. The lowest BCUT2D eigenvalue weighted by atomic mass is 10.1. The highest BCUT2D eigenvalue weighted by Crippen LogP contribution is 2.07. The summed E-state index contributed by atoms with van der Waals surface area (Å²) < 4.78 is 4.91. The number of amides is 2.